The summed E-state index contributed by atoms with van der Waals surface area (Å²) in [7, 11) is 0. The molecule has 2 amide bonds. The molecule has 0 radical (unpaired) electrons. The Morgan fingerprint density at radius 2 is 1.66 bits per heavy atom. The quantitative estimate of drug-likeness (QED) is 0.402. The Morgan fingerprint density at radius 3 is 2.49 bits per heavy atom. The Balaban J connectivity index is 1.20. The fourth-order valence-corrected chi connectivity index (χ4v) is 4.13. The van der Waals surface area contributed by atoms with E-state index in [0.29, 0.717) is 17.7 Å². The molecule has 0 saturated heterocycles. The molecule has 0 unspecified atom stereocenters. The van der Waals surface area contributed by atoms with Crippen molar-refractivity contribution in [3.05, 3.63) is 113 Å². The normalized spacial score (nSPS) is 12.5. The van der Waals surface area contributed by atoms with Gasteiger partial charge in [0.1, 0.15) is 6.33 Å². The van der Waals surface area contributed by atoms with Gasteiger partial charge < -0.3 is 16.0 Å². The second kappa shape index (κ2) is 10.3. The van der Waals surface area contributed by atoms with Crippen molar-refractivity contribution in [1.29, 1.82) is 0 Å². The Morgan fingerprint density at radius 1 is 0.829 bits per heavy atom. The van der Waals surface area contributed by atoms with Gasteiger partial charge in [0, 0.05) is 47.9 Å². The third-order valence-corrected chi connectivity index (χ3v) is 6.03. The monoisotopic (exact) mass is 463 g/mol. The number of aromatic nitrogens is 2. The van der Waals surface area contributed by atoms with Gasteiger partial charge in [-0.25, -0.2) is 9.97 Å². The number of carbonyl (C=O) groups is 2. The van der Waals surface area contributed by atoms with Crippen molar-refractivity contribution in [2.75, 3.05) is 11.9 Å². The summed E-state index contributed by atoms with van der Waals surface area (Å²) in [4.78, 5) is 33.5. The van der Waals surface area contributed by atoms with Gasteiger partial charge in [-0.2, -0.15) is 0 Å². The van der Waals surface area contributed by atoms with E-state index in [0.717, 1.165) is 41.9 Å². The molecule has 0 saturated carbocycles. The molecule has 7 heteroatoms. The van der Waals surface area contributed by atoms with E-state index >= 15 is 0 Å². The molecule has 0 aliphatic carbocycles. The van der Waals surface area contributed by atoms with Crippen LogP contribution in [0.25, 0.3) is 11.1 Å². The number of anilines is 1. The van der Waals surface area contributed by atoms with Crippen molar-refractivity contribution in [2.24, 2.45) is 0 Å². The zero-order valence-corrected chi connectivity index (χ0v) is 19.1. The summed E-state index contributed by atoms with van der Waals surface area (Å²) in [6, 6.07) is 20.6. The summed E-state index contributed by atoms with van der Waals surface area (Å²) in [5.41, 5.74) is 7.10. The van der Waals surface area contributed by atoms with Gasteiger partial charge in [0.05, 0.1) is 0 Å². The fourth-order valence-electron chi connectivity index (χ4n) is 4.13. The number of nitrogens with one attached hydrogen (secondary N) is 3. The highest BCUT2D eigenvalue weighted by molar-refractivity contribution is 6.04. The van der Waals surface area contributed by atoms with Crippen LogP contribution in [0.3, 0.4) is 0 Å². The average Bonchev–Trinajstić information content (AvgIpc) is 2.92. The first-order chi connectivity index (χ1) is 17.2. The number of hydrogen-bond acceptors (Lipinski definition) is 5. The zero-order chi connectivity index (χ0) is 24.0. The second-order valence-electron chi connectivity index (χ2n) is 8.45. The van der Waals surface area contributed by atoms with E-state index in [2.05, 4.69) is 32.0 Å². The first kappa shape index (κ1) is 22.4. The van der Waals surface area contributed by atoms with Gasteiger partial charge >= 0.3 is 0 Å². The minimum atomic E-state index is -0.182. The highest BCUT2D eigenvalue weighted by atomic mass is 16.2. The maximum Gasteiger partial charge on any atom is 0.255 e. The topological polar surface area (TPSA) is 96.0 Å². The number of hydrogen-bond donors (Lipinski definition) is 3. The summed E-state index contributed by atoms with van der Waals surface area (Å²) in [6.45, 7) is 2.12. The predicted molar refractivity (Wildman–Crippen MR) is 135 cm³/mol. The molecule has 35 heavy (non-hydrogen) atoms. The summed E-state index contributed by atoms with van der Waals surface area (Å²) in [5.74, 6) is -0.360. The first-order valence-corrected chi connectivity index (χ1v) is 11.5. The average molecular weight is 464 g/mol. The standard InChI is InChI=1S/C28H25N5O2/c34-27(22-6-4-20(5-7-22)25-16-30-18-31-17-25)32-14-19-2-1-3-23(12-19)28(35)33-26-9-8-21-10-11-29-15-24(21)13-26/h1-9,12-13,16-18,29H,10-11,14-15H2,(H,32,34)(H,33,35). The minimum absolute atomic E-state index is 0.178. The van der Waals surface area contributed by atoms with Crippen molar-refractivity contribution in [2.45, 2.75) is 19.5 Å². The molecule has 1 aromatic heterocycles. The summed E-state index contributed by atoms with van der Waals surface area (Å²) >= 11 is 0. The van der Waals surface area contributed by atoms with Crippen molar-refractivity contribution in [1.82, 2.24) is 20.6 Å². The largest absolute Gasteiger partial charge is 0.348 e. The van der Waals surface area contributed by atoms with Crippen LogP contribution in [0.15, 0.2) is 85.5 Å². The van der Waals surface area contributed by atoms with Crippen LogP contribution < -0.4 is 16.0 Å². The Labute approximate surface area is 203 Å². The molecule has 1 aliphatic heterocycles. The van der Waals surface area contributed by atoms with Gasteiger partial charge in [0.25, 0.3) is 11.8 Å². The molecule has 5 rings (SSSR count). The van der Waals surface area contributed by atoms with Gasteiger partial charge in [-0.1, -0.05) is 30.3 Å². The van der Waals surface area contributed by atoms with Crippen LogP contribution in [0.1, 0.15) is 37.4 Å². The van der Waals surface area contributed by atoms with Crippen LogP contribution >= 0.6 is 0 Å². The summed E-state index contributed by atoms with van der Waals surface area (Å²) < 4.78 is 0. The third kappa shape index (κ3) is 5.42. The van der Waals surface area contributed by atoms with Crippen LogP contribution in [0, 0.1) is 0 Å². The third-order valence-electron chi connectivity index (χ3n) is 6.03. The highest BCUT2D eigenvalue weighted by Crippen LogP contribution is 2.20. The van der Waals surface area contributed by atoms with Crippen LogP contribution in [0.4, 0.5) is 5.69 Å². The molecule has 4 aromatic rings. The second-order valence-corrected chi connectivity index (χ2v) is 8.45. The molecular weight excluding hydrogens is 438 g/mol. The van der Waals surface area contributed by atoms with E-state index < -0.39 is 0 Å². The molecule has 0 spiro atoms. The smallest absolute Gasteiger partial charge is 0.255 e. The summed E-state index contributed by atoms with van der Waals surface area (Å²) in [5, 5.41) is 9.26. The lowest BCUT2D eigenvalue weighted by molar-refractivity contribution is 0.0950. The molecule has 1 aliphatic rings. The fraction of sp³-hybridized carbons (Fsp3) is 0.143. The molecule has 0 bridgehead atoms. The van der Waals surface area contributed by atoms with Crippen LogP contribution in [0.5, 0.6) is 0 Å². The SMILES string of the molecule is O=C(NCc1cccc(C(=O)Nc2ccc3c(c2)CNCC3)c1)c1ccc(-c2cncnc2)cc1. The van der Waals surface area contributed by atoms with E-state index in [1.165, 1.54) is 17.5 Å². The molecule has 0 atom stereocenters. The van der Waals surface area contributed by atoms with E-state index in [1.807, 2.05) is 36.4 Å². The lowest BCUT2D eigenvalue weighted by atomic mass is 10.0. The molecule has 3 N–H and O–H groups in total. The lowest BCUT2D eigenvalue weighted by Gasteiger charge is -2.18. The number of benzene rings is 3. The van der Waals surface area contributed by atoms with E-state index in [-0.39, 0.29) is 11.8 Å². The number of rotatable bonds is 6. The maximum absolute atomic E-state index is 12.8. The van der Waals surface area contributed by atoms with Crippen LogP contribution in [0.2, 0.25) is 0 Å². The van der Waals surface area contributed by atoms with Gasteiger partial charge in [0.2, 0.25) is 0 Å². The van der Waals surface area contributed by atoms with Gasteiger partial charge in [0.15, 0.2) is 0 Å². The number of amides is 2. The molecule has 3 aromatic carbocycles. The van der Waals surface area contributed by atoms with Gasteiger partial charge in [-0.15, -0.1) is 0 Å². The van der Waals surface area contributed by atoms with Gasteiger partial charge in [-0.05, 0) is 71.6 Å². The number of nitrogens with zero attached hydrogens (tertiary/aromatic N) is 2. The van der Waals surface area contributed by atoms with Gasteiger partial charge in [-0.3, -0.25) is 9.59 Å². The van der Waals surface area contributed by atoms with Crippen molar-refractivity contribution in [3.8, 4) is 11.1 Å². The van der Waals surface area contributed by atoms with Crippen molar-refractivity contribution < 1.29 is 9.59 Å². The maximum atomic E-state index is 12.8. The lowest BCUT2D eigenvalue weighted by Crippen LogP contribution is -2.24. The Hall–Kier alpha value is -4.36. The predicted octanol–water partition coefficient (Wildman–Crippen LogP) is 3.97. The first-order valence-electron chi connectivity index (χ1n) is 11.5. The van der Waals surface area contributed by atoms with Crippen molar-refractivity contribution in [3.63, 3.8) is 0 Å². The molecule has 174 valence electrons. The van der Waals surface area contributed by atoms with Crippen LogP contribution in [-0.2, 0) is 19.5 Å². The zero-order valence-electron chi connectivity index (χ0n) is 19.1. The molecule has 0 fully saturated rings. The Kier molecular flexibility index (Phi) is 6.59. The van der Waals surface area contributed by atoms with E-state index in [9.17, 15) is 9.59 Å². The minimum Gasteiger partial charge on any atom is -0.348 e. The highest BCUT2D eigenvalue weighted by Gasteiger charge is 2.12. The van der Waals surface area contributed by atoms with Crippen LogP contribution in [-0.4, -0.2) is 28.3 Å². The van der Waals surface area contributed by atoms with Crippen molar-refractivity contribution >= 4 is 17.5 Å². The Bertz CT molecular complexity index is 1350. The number of fused-ring (bicyclic) bond motifs is 1. The molecular formula is C28H25N5O2. The summed E-state index contributed by atoms with van der Waals surface area (Å²) in [6.07, 6.45) is 5.95. The van der Waals surface area contributed by atoms with E-state index in [4.69, 9.17) is 0 Å². The number of carbonyl (C=O) groups excluding carboxylic acids is 2. The van der Waals surface area contributed by atoms with E-state index in [1.54, 1.807) is 36.7 Å². The molecule has 7 nitrogen and oxygen atoms in total. The molecule has 2 heterocycles.